The van der Waals surface area contributed by atoms with Crippen molar-refractivity contribution in [2.24, 2.45) is 0 Å². The van der Waals surface area contributed by atoms with E-state index in [9.17, 15) is 13.6 Å². The third-order valence-corrected chi connectivity index (χ3v) is 2.48. The summed E-state index contributed by atoms with van der Waals surface area (Å²) in [6.07, 6.45) is -2.52. The summed E-state index contributed by atoms with van der Waals surface area (Å²) >= 11 is 5.29. The molecule has 0 radical (unpaired) electrons. The zero-order valence-corrected chi connectivity index (χ0v) is 8.53. The fraction of sp³-hybridized carbons (Fsp3) is 0.300. The van der Waals surface area contributed by atoms with E-state index >= 15 is 0 Å². The Morgan fingerprint density at radius 1 is 1.29 bits per heavy atom. The average molecular weight is 219 g/mol. The molecule has 1 aromatic rings. The van der Waals surface area contributed by atoms with Crippen LogP contribution < -0.4 is 0 Å². The van der Waals surface area contributed by atoms with Gasteiger partial charge in [-0.1, -0.05) is 6.07 Å². The molecule has 0 aliphatic carbocycles. The molecular formula is C10H9ClF2O. The number of benzene rings is 1. The molecule has 0 aliphatic rings. The van der Waals surface area contributed by atoms with Crippen LogP contribution in [-0.2, 0) is 0 Å². The van der Waals surface area contributed by atoms with Crippen molar-refractivity contribution in [2.45, 2.75) is 20.3 Å². The van der Waals surface area contributed by atoms with Crippen LogP contribution in [0, 0.1) is 13.8 Å². The number of rotatable bonds is 2. The van der Waals surface area contributed by atoms with Gasteiger partial charge in [-0.05, 0) is 42.6 Å². The van der Waals surface area contributed by atoms with Gasteiger partial charge in [0.2, 0.25) is 0 Å². The molecular weight excluding hydrogens is 210 g/mol. The molecule has 0 atom stereocenters. The van der Waals surface area contributed by atoms with Crippen molar-refractivity contribution in [3.63, 3.8) is 0 Å². The summed E-state index contributed by atoms with van der Waals surface area (Å²) in [6, 6.07) is 2.57. The van der Waals surface area contributed by atoms with Crippen molar-refractivity contribution in [2.75, 3.05) is 0 Å². The normalized spacial score (nSPS) is 10.7. The number of halogens is 3. The zero-order chi connectivity index (χ0) is 10.9. The van der Waals surface area contributed by atoms with Gasteiger partial charge in [0.05, 0.1) is 0 Å². The molecule has 0 spiro atoms. The number of hydrogen-bond acceptors (Lipinski definition) is 1. The minimum atomic E-state index is -2.52. The Balaban J connectivity index is 3.33. The van der Waals surface area contributed by atoms with E-state index in [0.717, 1.165) is 0 Å². The van der Waals surface area contributed by atoms with Crippen LogP contribution in [0.1, 0.15) is 33.5 Å². The number of carbonyl (C=O) groups excluding carboxylic acids is 1. The van der Waals surface area contributed by atoms with Crippen LogP contribution in [0.2, 0.25) is 0 Å². The molecule has 0 saturated heterocycles. The first-order valence-electron chi connectivity index (χ1n) is 4.03. The lowest BCUT2D eigenvalue weighted by molar-refractivity contribution is 0.108. The Bertz CT molecular complexity index is 375. The highest BCUT2D eigenvalue weighted by Gasteiger charge is 2.15. The molecule has 4 heteroatoms. The SMILES string of the molecule is Cc1c(C(=O)Cl)ccc(C(F)F)c1C. The monoisotopic (exact) mass is 218 g/mol. The predicted octanol–water partition coefficient (Wildman–Crippen LogP) is 3.62. The second kappa shape index (κ2) is 4.05. The molecule has 76 valence electrons. The molecule has 0 heterocycles. The van der Waals surface area contributed by atoms with Crippen LogP contribution in [0.5, 0.6) is 0 Å². The van der Waals surface area contributed by atoms with E-state index in [2.05, 4.69) is 0 Å². The van der Waals surface area contributed by atoms with Gasteiger partial charge in [-0.3, -0.25) is 4.79 Å². The highest BCUT2D eigenvalue weighted by Crippen LogP contribution is 2.27. The van der Waals surface area contributed by atoms with Crippen molar-refractivity contribution < 1.29 is 13.6 Å². The molecule has 0 aromatic heterocycles. The van der Waals surface area contributed by atoms with E-state index in [1.165, 1.54) is 12.1 Å². The number of carbonyl (C=O) groups is 1. The van der Waals surface area contributed by atoms with Crippen molar-refractivity contribution in [1.82, 2.24) is 0 Å². The smallest absolute Gasteiger partial charge is 0.264 e. The van der Waals surface area contributed by atoms with E-state index in [0.29, 0.717) is 11.1 Å². The molecule has 0 N–H and O–H groups in total. The molecule has 0 unspecified atom stereocenters. The van der Waals surface area contributed by atoms with E-state index in [1.54, 1.807) is 13.8 Å². The summed E-state index contributed by atoms with van der Waals surface area (Å²) in [5.74, 6) is 0. The number of hydrogen-bond donors (Lipinski definition) is 0. The third kappa shape index (κ3) is 1.93. The molecule has 0 bridgehead atoms. The average Bonchev–Trinajstić information content (AvgIpc) is 2.08. The van der Waals surface area contributed by atoms with Crippen LogP contribution in [0.4, 0.5) is 8.78 Å². The van der Waals surface area contributed by atoms with Gasteiger partial charge >= 0.3 is 0 Å². The minimum absolute atomic E-state index is 0.0517. The summed E-state index contributed by atoms with van der Waals surface area (Å²) in [5.41, 5.74) is 1.17. The molecule has 0 fully saturated rings. The number of alkyl halides is 2. The minimum Gasteiger partial charge on any atom is -0.276 e. The topological polar surface area (TPSA) is 17.1 Å². The zero-order valence-electron chi connectivity index (χ0n) is 7.77. The maximum atomic E-state index is 12.4. The summed E-state index contributed by atoms with van der Waals surface area (Å²) in [5, 5.41) is -0.619. The highest BCUT2D eigenvalue weighted by molar-refractivity contribution is 6.67. The van der Waals surface area contributed by atoms with Gasteiger partial charge in [0.25, 0.3) is 11.7 Å². The van der Waals surface area contributed by atoms with Crippen molar-refractivity contribution in [3.8, 4) is 0 Å². The first-order chi connectivity index (χ1) is 6.45. The first kappa shape index (κ1) is 11.1. The fourth-order valence-corrected chi connectivity index (χ4v) is 1.50. The molecule has 0 amide bonds. The Morgan fingerprint density at radius 2 is 1.86 bits per heavy atom. The van der Waals surface area contributed by atoms with Gasteiger partial charge in [0.1, 0.15) is 0 Å². The largest absolute Gasteiger partial charge is 0.276 e. The third-order valence-electron chi connectivity index (χ3n) is 2.28. The Labute approximate surface area is 85.7 Å². The van der Waals surface area contributed by atoms with Crippen molar-refractivity contribution >= 4 is 16.8 Å². The van der Waals surface area contributed by atoms with Crippen LogP contribution >= 0.6 is 11.6 Å². The lowest BCUT2D eigenvalue weighted by Gasteiger charge is -2.10. The Hall–Kier alpha value is -0.960. The second-order valence-corrected chi connectivity index (χ2v) is 3.37. The maximum Gasteiger partial charge on any atom is 0.264 e. The summed E-state index contributed by atoms with van der Waals surface area (Å²) in [4.78, 5) is 10.9. The maximum absolute atomic E-state index is 12.4. The van der Waals surface area contributed by atoms with Gasteiger partial charge < -0.3 is 0 Å². The fourth-order valence-electron chi connectivity index (χ4n) is 1.29. The standard InChI is InChI=1S/C10H9ClF2O/c1-5-6(2)8(10(12)13)4-3-7(5)9(11)14/h3-4,10H,1-2H3. The van der Waals surface area contributed by atoms with Gasteiger partial charge in [-0.15, -0.1) is 0 Å². The van der Waals surface area contributed by atoms with Gasteiger partial charge in [-0.25, -0.2) is 8.78 Å². The van der Waals surface area contributed by atoms with Gasteiger partial charge in [-0.2, -0.15) is 0 Å². The van der Waals surface area contributed by atoms with Crippen LogP contribution in [0.15, 0.2) is 12.1 Å². The predicted molar refractivity (Wildman–Crippen MR) is 51.1 cm³/mol. The first-order valence-corrected chi connectivity index (χ1v) is 4.41. The highest BCUT2D eigenvalue weighted by atomic mass is 35.5. The summed E-state index contributed by atoms with van der Waals surface area (Å²) in [6.45, 7) is 3.16. The molecule has 1 aromatic carbocycles. The van der Waals surface area contributed by atoms with E-state index < -0.39 is 11.7 Å². The molecule has 1 rings (SSSR count). The lowest BCUT2D eigenvalue weighted by atomic mass is 9.99. The second-order valence-electron chi connectivity index (χ2n) is 3.03. The Kier molecular flexibility index (Phi) is 3.21. The summed E-state index contributed by atoms with van der Waals surface area (Å²) in [7, 11) is 0. The van der Waals surface area contributed by atoms with Crippen LogP contribution in [0.25, 0.3) is 0 Å². The molecule has 0 saturated carbocycles. The summed E-state index contributed by atoms with van der Waals surface area (Å²) < 4.78 is 24.8. The van der Waals surface area contributed by atoms with E-state index in [-0.39, 0.29) is 11.1 Å². The Morgan fingerprint density at radius 3 is 2.29 bits per heavy atom. The van der Waals surface area contributed by atoms with Gasteiger partial charge in [0, 0.05) is 11.1 Å². The van der Waals surface area contributed by atoms with E-state index in [1.807, 2.05) is 0 Å². The molecule has 14 heavy (non-hydrogen) atoms. The molecule has 0 aliphatic heterocycles. The van der Waals surface area contributed by atoms with Crippen molar-refractivity contribution in [3.05, 3.63) is 34.4 Å². The van der Waals surface area contributed by atoms with Gasteiger partial charge in [0.15, 0.2) is 0 Å². The van der Waals surface area contributed by atoms with Crippen LogP contribution in [-0.4, -0.2) is 5.24 Å². The lowest BCUT2D eigenvalue weighted by Crippen LogP contribution is -2.00. The van der Waals surface area contributed by atoms with E-state index in [4.69, 9.17) is 11.6 Å². The molecule has 1 nitrogen and oxygen atoms in total. The quantitative estimate of drug-likeness (QED) is 0.693. The van der Waals surface area contributed by atoms with Crippen molar-refractivity contribution in [1.29, 1.82) is 0 Å². The van der Waals surface area contributed by atoms with Crippen LogP contribution in [0.3, 0.4) is 0 Å².